The van der Waals surface area contributed by atoms with Crippen molar-refractivity contribution in [2.24, 2.45) is 0 Å². The molecule has 1 N–H and O–H groups in total. The van der Waals surface area contributed by atoms with Gasteiger partial charge in [-0.2, -0.15) is 5.10 Å². The molecular weight excluding hydrogens is 295 g/mol. The van der Waals surface area contributed by atoms with Gasteiger partial charge in [0, 0.05) is 17.0 Å². The van der Waals surface area contributed by atoms with Crippen LogP contribution in [-0.4, -0.2) is 22.8 Å². The Morgan fingerprint density at radius 3 is 2.78 bits per heavy atom. The van der Waals surface area contributed by atoms with E-state index in [1.807, 2.05) is 18.2 Å². The number of fused-ring (bicyclic) bond motifs is 1. The fourth-order valence-electron chi connectivity index (χ4n) is 2.32. The second kappa shape index (κ2) is 6.44. The fourth-order valence-corrected chi connectivity index (χ4v) is 2.32. The third kappa shape index (κ3) is 3.29. The number of nitrogens with zero attached hydrogens (tertiary/aromatic N) is 1. The van der Waals surface area contributed by atoms with Crippen LogP contribution in [0.4, 0.5) is 4.39 Å². The molecule has 23 heavy (non-hydrogen) atoms. The lowest BCUT2D eigenvalue weighted by Gasteiger charge is -1.99. The highest BCUT2D eigenvalue weighted by Crippen LogP contribution is 2.27. The molecule has 0 atom stereocenters. The molecule has 1 heterocycles. The molecule has 3 rings (SSSR count). The summed E-state index contributed by atoms with van der Waals surface area (Å²) >= 11 is 0. The minimum absolute atomic E-state index is 0.286. The van der Waals surface area contributed by atoms with Crippen molar-refractivity contribution in [1.82, 2.24) is 10.2 Å². The summed E-state index contributed by atoms with van der Waals surface area (Å²) in [4.78, 5) is 11.4. The zero-order valence-electron chi connectivity index (χ0n) is 12.5. The number of aromatic amines is 1. The lowest BCUT2D eigenvalue weighted by molar-refractivity contribution is -0.137. The van der Waals surface area contributed by atoms with E-state index >= 15 is 0 Å². The largest absolute Gasteiger partial charge is 0.463 e. The topological polar surface area (TPSA) is 55.0 Å². The van der Waals surface area contributed by atoms with Gasteiger partial charge in [0.25, 0.3) is 0 Å². The predicted molar refractivity (Wildman–Crippen MR) is 87.2 cm³/mol. The summed E-state index contributed by atoms with van der Waals surface area (Å²) in [5, 5.41) is 8.16. The molecule has 0 spiro atoms. The highest BCUT2D eigenvalue weighted by Gasteiger charge is 2.08. The summed E-state index contributed by atoms with van der Waals surface area (Å²) in [6.07, 6.45) is 3.08. The van der Waals surface area contributed by atoms with Crippen molar-refractivity contribution in [2.75, 3.05) is 6.61 Å². The van der Waals surface area contributed by atoms with Gasteiger partial charge in [-0.3, -0.25) is 5.10 Å². The Balaban J connectivity index is 1.97. The van der Waals surface area contributed by atoms with E-state index in [4.69, 9.17) is 4.74 Å². The van der Waals surface area contributed by atoms with E-state index in [1.54, 1.807) is 25.1 Å². The van der Waals surface area contributed by atoms with Gasteiger partial charge in [-0.15, -0.1) is 0 Å². The molecule has 3 aromatic rings. The number of H-pyrrole nitrogens is 1. The minimum atomic E-state index is -0.376. The molecule has 116 valence electrons. The van der Waals surface area contributed by atoms with Gasteiger partial charge >= 0.3 is 5.97 Å². The van der Waals surface area contributed by atoms with Crippen molar-refractivity contribution in [3.8, 4) is 11.3 Å². The van der Waals surface area contributed by atoms with Gasteiger partial charge < -0.3 is 4.74 Å². The fraction of sp³-hybridized carbons (Fsp3) is 0.111. The standard InChI is InChI=1S/C18H15FN2O2/c1-2-23-17(22)10-4-12-3-9-16-15(11-12)18(21-20-16)13-5-7-14(19)8-6-13/h3-11H,2H2,1H3,(H,20,21). The van der Waals surface area contributed by atoms with Crippen LogP contribution in [0.5, 0.6) is 0 Å². The van der Waals surface area contributed by atoms with Gasteiger partial charge in [0.15, 0.2) is 0 Å². The molecule has 0 radical (unpaired) electrons. The van der Waals surface area contributed by atoms with Crippen molar-refractivity contribution < 1.29 is 13.9 Å². The number of halogens is 1. The monoisotopic (exact) mass is 310 g/mol. The normalized spacial score (nSPS) is 11.2. The van der Waals surface area contributed by atoms with Gasteiger partial charge in [-0.1, -0.05) is 6.07 Å². The zero-order valence-corrected chi connectivity index (χ0v) is 12.5. The molecule has 0 aliphatic rings. The molecule has 0 aliphatic carbocycles. The van der Waals surface area contributed by atoms with Crippen LogP contribution in [-0.2, 0) is 9.53 Å². The van der Waals surface area contributed by atoms with Crippen LogP contribution in [0, 0.1) is 5.82 Å². The number of nitrogens with one attached hydrogen (secondary N) is 1. The van der Waals surface area contributed by atoms with E-state index in [-0.39, 0.29) is 11.8 Å². The average molecular weight is 310 g/mol. The minimum Gasteiger partial charge on any atom is -0.463 e. The first-order valence-corrected chi connectivity index (χ1v) is 7.26. The smallest absolute Gasteiger partial charge is 0.330 e. The molecule has 0 saturated heterocycles. The number of carbonyl (C=O) groups excluding carboxylic acids is 1. The van der Waals surface area contributed by atoms with E-state index < -0.39 is 0 Å². The molecule has 0 unspecified atom stereocenters. The Morgan fingerprint density at radius 1 is 1.26 bits per heavy atom. The van der Waals surface area contributed by atoms with Gasteiger partial charge in [-0.05, 0) is 55.0 Å². The first kappa shape index (κ1) is 15.0. The quantitative estimate of drug-likeness (QED) is 0.586. The Bertz CT molecular complexity index is 866. The van der Waals surface area contributed by atoms with Gasteiger partial charge in [-0.25, -0.2) is 9.18 Å². The summed E-state index contributed by atoms with van der Waals surface area (Å²) in [5.74, 6) is -0.662. The third-order valence-electron chi connectivity index (χ3n) is 3.40. The number of ether oxygens (including phenoxy) is 1. The Kier molecular flexibility index (Phi) is 4.19. The van der Waals surface area contributed by atoms with E-state index in [2.05, 4.69) is 10.2 Å². The maximum atomic E-state index is 13.1. The Hall–Kier alpha value is -2.95. The van der Waals surface area contributed by atoms with Crippen LogP contribution in [0.3, 0.4) is 0 Å². The first-order chi connectivity index (χ1) is 11.2. The third-order valence-corrected chi connectivity index (χ3v) is 3.40. The van der Waals surface area contributed by atoms with Crippen molar-refractivity contribution in [1.29, 1.82) is 0 Å². The van der Waals surface area contributed by atoms with Crippen LogP contribution in [0.2, 0.25) is 0 Å². The van der Waals surface area contributed by atoms with E-state index in [0.717, 1.165) is 27.7 Å². The maximum Gasteiger partial charge on any atom is 0.330 e. The van der Waals surface area contributed by atoms with Crippen LogP contribution in [0.25, 0.3) is 28.2 Å². The highest BCUT2D eigenvalue weighted by atomic mass is 19.1. The molecule has 2 aromatic carbocycles. The van der Waals surface area contributed by atoms with E-state index in [1.165, 1.54) is 18.2 Å². The Morgan fingerprint density at radius 2 is 2.04 bits per heavy atom. The summed E-state index contributed by atoms with van der Waals surface area (Å²) in [6, 6.07) is 11.9. The SMILES string of the molecule is CCOC(=O)C=Cc1ccc2[nH]nc(-c3ccc(F)cc3)c2c1. The summed E-state index contributed by atoms with van der Waals surface area (Å²) < 4.78 is 17.9. The van der Waals surface area contributed by atoms with Crippen molar-refractivity contribution in [2.45, 2.75) is 6.92 Å². The number of hydrogen-bond donors (Lipinski definition) is 1. The highest BCUT2D eigenvalue weighted by molar-refractivity contribution is 5.95. The molecule has 5 heteroatoms. The van der Waals surface area contributed by atoms with Crippen molar-refractivity contribution in [3.05, 3.63) is 59.9 Å². The van der Waals surface area contributed by atoms with Crippen molar-refractivity contribution in [3.63, 3.8) is 0 Å². The second-order valence-electron chi connectivity index (χ2n) is 4.97. The molecular formula is C18H15FN2O2. The predicted octanol–water partition coefficient (Wildman–Crippen LogP) is 3.95. The summed E-state index contributed by atoms with van der Waals surface area (Å²) in [6.45, 7) is 2.11. The first-order valence-electron chi connectivity index (χ1n) is 7.26. The average Bonchev–Trinajstić information content (AvgIpc) is 2.97. The Labute approximate surface area is 132 Å². The number of carbonyl (C=O) groups is 1. The summed E-state index contributed by atoms with van der Waals surface area (Å²) in [7, 11) is 0. The number of benzene rings is 2. The number of esters is 1. The van der Waals surface area contributed by atoms with Crippen LogP contribution >= 0.6 is 0 Å². The lowest BCUT2D eigenvalue weighted by Crippen LogP contribution is -1.98. The number of rotatable bonds is 4. The molecule has 0 amide bonds. The van der Waals surface area contributed by atoms with Crippen LogP contribution in [0.15, 0.2) is 48.5 Å². The number of aromatic nitrogens is 2. The molecule has 0 saturated carbocycles. The maximum absolute atomic E-state index is 13.1. The zero-order chi connectivity index (χ0) is 16.2. The molecule has 1 aromatic heterocycles. The van der Waals surface area contributed by atoms with Crippen molar-refractivity contribution >= 4 is 22.9 Å². The molecule has 0 aliphatic heterocycles. The van der Waals surface area contributed by atoms with Gasteiger partial charge in [0.2, 0.25) is 0 Å². The molecule has 0 fully saturated rings. The molecule has 4 nitrogen and oxygen atoms in total. The van der Waals surface area contributed by atoms with Gasteiger partial charge in [0.1, 0.15) is 5.82 Å². The van der Waals surface area contributed by atoms with Crippen LogP contribution in [0.1, 0.15) is 12.5 Å². The second-order valence-corrected chi connectivity index (χ2v) is 4.97. The molecule has 0 bridgehead atoms. The van der Waals surface area contributed by atoms with E-state index in [0.29, 0.717) is 6.61 Å². The lowest BCUT2D eigenvalue weighted by atomic mass is 10.1. The van der Waals surface area contributed by atoms with Crippen LogP contribution < -0.4 is 0 Å². The van der Waals surface area contributed by atoms with E-state index in [9.17, 15) is 9.18 Å². The van der Waals surface area contributed by atoms with Gasteiger partial charge in [0.05, 0.1) is 17.8 Å². The number of hydrogen-bond acceptors (Lipinski definition) is 3. The summed E-state index contributed by atoms with van der Waals surface area (Å²) in [5.41, 5.74) is 3.29.